The lowest BCUT2D eigenvalue weighted by Crippen LogP contribution is -2.44. The molecule has 1 unspecified atom stereocenters. The van der Waals surface area contributed by atoms with Gasteiger partial charge in [0, 0.05) is 18.9 Å². The third-order valence-electron chi connectivity index (χ3n) is 2.78. The highest BCUT2D eigenvalue weighted by atomic mass is 16.4. The van der Waals surface area contributed by atoms with E-state index in [2.05, 4.69) is 5.32 Å². The van der Waals surface area contributed by atoms with E-state index in [1.807, 2.05) is 6.92 Å². The molecular formula is C10H17NO4. The fourth-order valence-corrected chi connectivity index (χ4v) is 1.50. The van der Waals surface area contributed by atoms with Crippen LogP contribution < -0.4 is 5.32 Å². The Balaban J connectivity index is 2.42. The van der Waals surface area contributed by atoms with Crippen LogP contribution in [-0.2, 0) is 9.59 Å². The Morgan fingerprint density at radius 2 is 2.07 bits per heavy atom. The molecule has 1 amide bonds. The van der Waals surface area contributed by atoms with Crippen molar-refractivity contribution in [3.63, 3.8) is 0 Å². The number of aliphatic hydroxyl groups excluding tert-OH is 1. The molecule has 0 spiro atoms. The van der Waals surface area contributed by atoms with E-state index in [0.717, 1.165) is 12.8 Å². The van der Waals surface area contributed by atoms with Gasteiger partial charge in [-0.25, -0.2) is 4.79 Å². The number of amides is 1. The SMILES string of the molecule is CC(C(=O)N[C@H](CCO)C(=O)O)C1CC1. The molecule has 0 heterocycles. The van der Waals surface area contributed by atoms with Crippen molar-refractivity contribution in [3.8, 4) is 0 Å². The highest BCUT2D eigenvalue weighted by Gasteiger charge is 2.34. The van der Waals surface area contributed by atoms with E-state index in [0.29, 0.717) is 5.92 Å². The van der Waals surface area contributed by atoms with Crippen LogP contribution in [0.25, 0.3) is 0 Å². The van der Waals surface area contributed by atoms with Gasteiger partial charge in [0.1, 0.15) is 6.04 Å². The first-order valence-corrected chi connectivity index (χ1v) is 5.20. The van der Waals surface area contributed by atoms with Crippen molar-refractivity contribution in [2.24, 2.45) is 11.8 Å². The minimum Gasteiger partial charge on any atom is -0.480 e. The minimum atomic E-state index is -1.10. The summed E-state index contributed by atoms with van der Waals surface area (Å²) in [6.45, 7) is 1.57. The molecule has 3 N–H and O–H groups in total. The maximum Gasteiger partial charge on any atom is 0.326 e. The van der Waals surface area contributed by atoms with Crippen molar-refractivity contribution >= 4 is 11.9 Å². The lowest BCUT2D eigenvalue weighted by atomic mass is 10.0. The Morgan fingerprint density at radius 1 is 1.47 bits per heavy atom. The highest BCUT2D eigenvalue weighted by Crippen LogP contribution is 2.36. The quantitative estimate of drug-likeness (QED) is 0.581. The van der Waals surface area contributed by atoms with E-state index < -0.39 is 12.0 Å². The van der Waals surface area contributed by atoms with Crippen LogP contribution in [-0.4, -0.2) is 34.7 Å². The molecule has 5 nitrogen and oxygen atoms in total. The number of aliphatic hydroxyl groups is 1. The fourth-order valence-electron chi connectivity index (χ4n) is 1.50. The minimum absolute atomic E-state index is 0.0540. The topological polar surface area (TPSA) is 86.6 Å². The van der Waals surface area contributed by atoms with Crippen LogP contribution >= 0.6 is 0 Å². The molecule has 5 heteroatoms. The summed E-state index contributed by atoms with van der Waals surface area (Å²) >= 11 is 0. The molecule has 0 aromatic carbocycles. The molecular weight excluding hydrogens is 198 g/mol. The van der Waals surface area contributed by atoms with Gasteiger partial charge < -0.3 is 15.5 Å². The van der Waals surface area contributed by atoms with Gasteiger partial charge in [-0.1, -0.05) is 6.92 Å². The van der Waals surface area contributed by atoms with E-state index in [1.54, 1.807) is 0 Å². The van der Waals surface area contributed by atoms with Gasteiger partial charge in [0.05, 0.1) is 0 Å². The molecule has 0 aromatic heterocycles. The van der Waals surface area contributed by atoms with Crippen LogP contribution in [0, 0.1) is 11.8 Å². The van der Waals surface area contributed by atoms with Crippen molar-refractivity contribution in [3.05, 3.63) is 0 Å². The standard InChI is InChI=1S/C10H17NO4/c1-6(7-2-3-7)9(13)11-8(4-5-12)10(14)15/h6-8,12H,2-5H2,1H3,(H,11,13)(H,14,15)/t6?,8-/m1/s1. The number of rotatable bonds is 6. The average Bonchev–Trinajstić information content (AvgIpc) is 2.98. The number of carbonyl (C=O) groups excluding carboxylic acids is 1. The summed E-state index contributed by atoms with van der Waals surface area (Å²) in [6.07, 6.45) is 2.15. The Kier molecular flexibility index (Phi) is 4.08. The van der Waals surface area contributed by atoms with Crippen molar-refractivity contribution in [2.45, 2.75) is 32.2 Å². The number of hydrogen-bond acceptors (Lipinski definition) is 3. The Morgan fingerprint density at radius 3 is 2.47 bits per heavy atom. The normalized spacial score (nSPS) is 19.3. The molecule has 2 atom stereocenters. The zero-order valence-corrected chi connectivity index (χ0v) is 8.77. The second-order valence-electron chi connectivity index (χ2n) is 4.04. The predicted molar refractivity (Wildman–Crippen MR) is 53.2 cm³/mol. The van der Waals surface area contributed by atoms with Gasteiger partial charge in [0.15, 0.2) is 0 Å². The molecule has 1 saturated carbocycles. The van der Waals surface area contributed by atoms with Gasteiger partial charge >= 0.3 is 5.97 Å². The largest absolute Gasteiger partial charge is 0.480 e. The smallest absolute Gasteiger partial charge is 0.326 e. The van der Waals surface area contributed by atoms with Crippen LogP contribution in [0.15, 0.2) is 0 Å². The number of nitrogens with one attached hydrogen (secondary N) is 1. The lowest BCUT2D eigenvalue weighted by molar-refractivity contribution is -0.143. The summed E-state index contributed by atoms with van der Waals surface area (Å²) in [5.74, 6) is -1.03. The van der Waals surface area contributed by atoms with Crippen LogP contribution in [0.5, 0.6) is 0 Å². The summed E-state index contributed by atoms with van der Waals surface area (Å²) in [7, 11) is 0. The van der Waals surface area contributed by atoms with E-state index in [9.17, 15) is 9.59 Å². The second kappa shape index (κ2) is 5.11. The summed E-state index contributed by atoms with van der Waals surface area (Å²) < 4.78 is 0. The second-order valence-corrected chi connectivity index (χ2v) is 4.04. The molecule has 1 fully saturated rings. The molecule has 0 saturated heterocycles. The summed E-state index contributed by atoms with van der Waals surface area (Å²) in [5.41, 5.74) is 0. The van der Waals surface area contributed by atoms with Crippen LogP contribution in [0.4, 0.5) is 0 Å². The summed E-state index contributed by atoms with van der Waals surface area (Å²) in [6, 6.07) is -0.969. The van der Waals surface area contributed by atoms with E-state index in [-0.39, 0.29) is 24.9 Å². The van der Waals surface area contributed by atoms with Gasteiger partial charge in [-0.3, -0.25) is 4.79 Å². The number of carbonyl (C=O) groups is 2. The third kappa shape index (κ3) is 3.51. The number of carboxylic acids is 1. The van der Waals surface area contributed by atoms with E-state index in [1.165, 1.54) is 0 Å². The van der Waals surface area contributed by atoms with Crippen LogP contribution in [0.1, 0.15) is 26.2 Å². The lowest BCUT2D eigenvalue weighted by Gasteiger charge is -2.16. The maximum atomic E-state index is 11.6. The first-order chi connectivity index (χ1) is 7.06. The van der Waals surface area contributed by atoms with Crippen LogP contribution in [0.2, 0.25) is 0 Å². The van der Waals surface area contributed by atoms with Crippen molar-refractivity contribution < 1.29 is 19.8 Å². The molecule has 0 radical (unpaired) electrons. The molecule has 1 aliphatic rings. The van der Waals surface area contributed by atoms with Gasteiger partial charge in [0.2, 0.25) is 5.91 Å². The monoisotopic (exact) mass is 215 g/mol. The third-order valence-corrected chi connectivity index (χ3v) is 2.78. The summed E-state index contributed by atoms with van der Waals surface area (Å²) in [5, 5.41) is 19.8. The van der Waals surface area contributed by atoms with Crippen LogP contribution in [0.3, 0.4) is 0 Å². The maximum absolute atomic E-state index is 11.6. The van der Waals surface area contributed by atoms with Crippen molar-refractivity contribution in [2.75, 3.05) is 6.61 Å². The van der Waals surface area contributed by atoms with E-state index >= 15 is 0 Å². The number of aliphatic carboxylic acids is 1. The molecule has 1 rings (SSSR count). The summed E-state index contributed by atoms with van der Waals surface area (Å²) in [4.78, 5) is 22.3. The number of hydrogen-bond donors (Lipinski definition) is 3. The molecule has 15 heavy (non-hydrogen) atoms. The Labute approximate surface area is 88.5 Å². The predicted octanol–water partition coefficient (Wildman–Crippen LogP) is -0.0157. The Bertz CT molecular complexity index is 250. The number of carboxylic acid groups (broad SMARTS) is 1. The van der Waals surface area contributed by atoms with Gasteiger partial charge in [-0.15, -0.1) is 0 Å². The van der Waals surface area contributed by atoms with Crippen molar-refractivity contribution in [1.82, 2.24) is 5.32 Å². The molecule has 0 aromatic rings. The fraction of sp³-hybridized carbons (Fsp3) is 0.800. The van der Waals surface area contributed by atoms with Gasteiger partial charge in [-0.2, -0.15) is 0 Å². The van der Waals surface area contributed by atoms with Gasteiger partial charge in [0.25, 0.3) is 0 Å². The first-order valence-electron chi connectivity index (χ1n) is 5.20. The molecule has 0 aliphatic heterocycles. The Hall–Kier alpha value is -1.10. The molecule has 0 bridgehead atoms. The zero-order chi connectivity index (χ0) is 11.4. The van der Waals surface area contributed by atoms with E-state index in [4.69, 9.17) is 10.2 Å². The van der Waals surface area contributed by atoms with Gasteiger partial charge in [-0.05, 0) is 18.8 Å². The van der Waals surface area contributed by atoms with Crippen molar-refractivity contribution in [1.29, 1.82) is 0 Å². The zero-order valence-electron chi connectivity index (χ0n) is 8.77. The average molecular weight is 215 g/mol. The molecule has 1 aliphatic carbocycles. The highest BCUT2D eigenvalue weighted by molar-refractivity contribution is 5.85. The molecule has 86 valence electrons. The first kappa shape index (κ1) is 12.0.